The van der Waals surface area contributed by atoms with Crippen molar-refractivity contribution in [1.29, 1.82) is 0 Å². The third kappa shape index (κ3) is 3.25. The van der Waals surface area contributed by atoms with Gasteiger partial charge >= 0.3 is 5.97 Å². The lowest BCUT2D eigenvalue weighted by Gasteiger charge is -2.09. The molecule has 0 spiro atoms. The van der Waals surface area contributed by atoms with Gasteiger partial charge in [-0.15, -0.1) is 0 Å². The van der Waals surface area contributed by atoms with Crippen LogP contribution in [-0.4, -0.2) is 45.3 Å². The van der Waals surface area contributed by atoms with Gasteiger partial charge in [-0.2, -0.15) is 9.78 Å². The van der Waals surface area contributed by atoms with E-state index in [0.717, 1.165) is 18.5 Å². The normalized spacial score (nSPS) is 13.6. The largest absolute Gasteiger partial charge is 0.468 e. The summed E-state index contributed by atoms with van der Waals surface area (Å²) in [5, 5.41) is 7.83. The molecule has 1 aliphatic carbocycles. The van der Waals surface area contributed by atoms with Gasteiger partial charge in [0, 0.05) is 17.8 Å². The fourth-order valence-corrected chi connectivity index (χ4v) is 3.03. The van der Waals surface area contributed by atoms with E-state index in [1.807, 2.05) is 31.2 Å². The van der Waals surface area contributed by atoms with E-state index >= 15 is 0 Å². The molecule has 138 valence electrons. The molecule has 1 aliphatic rings. The quantitative estimate of drug-likeness (QED) is 0.694. The van der Waals surface area contributed by atoms with Crippen molar-refractivity contribution in [2.75, 3.05) is 13.7 Å². The van der Waals surface area contributed by atoms with Crippen molar-refractivity contribution in [2.24, 2.45) is 0 Å². The van der Waals surface area contributed by atoms with E-state index in [1.54, 1.807) is 10.9 Å². The van der Waals surface area contributed by atoms with Crippen LogP contribution in [0.3, 0.4) is 0 Å². The maximum absolute atomic E-state index is 12.8. The van der Waals surface area contributed by atoms with Crippen molar-refractivity contribution in [3.8, 4) is 5.82 Å². The summed E-state index contributed by atoms with van der Waals surface area (Å²) < 4.78 is 6.25. The molecule has 0 bridgehead atoms. The van der Waals surface area contributed by atoms with Gasteiger partial charge in [0.2, 0.25) is 0 Å². The molecule has 1 N–H and O–H groups in total. The Balaban J connectivity index is 1.84. The molecular weight excluding hydrogens is 346 g/mol. The highest BCUT2D eigenvalue weighted by atomic mass is 16.5. The summed E-state index contributed by atoms with van der Waals surface area (Å²) in [5.74, 6) is 0.140. The van der Waals surface area contributed by atoms with Crippen LogP contribution >= 0.6 is 0 Å². The average Bonchev–Trinajstić information content (AvgIpc) is 3.50. The Hall–Kier alpha value is -3.29. The summed E-state index contributed by atoms with van der Waals surface area (Å²) in [7, 11) is 1.28. The number of aromatic nitrogens is 4. The molecule has 4 rings (SSSR count). The Kier molecular flexibility index (Phi) is 4.31. The summed E-state index contributed by atoms with van der Waals surface area (Å²) in [5.41, 5.74) is 2.60. The van der Waals surface area contributed by atoms with Gasteiger partial charge in [0.25, 0.3) is 5.91 Å². The maximum Gasteiger partial charge on any atom is 0.325 e. The lowest BCUT2D eigenvalue weighted by molar-refractivity contribution is -0.139. The zero-order chi connectivity index (χ0) is 19.0. The van der Waals surface area contributed by atoms with Gasteiger partial charge in [-0.3, -0.25) is 9.59 Å². The van der Waals surface area contributed by atoms with Gasteiger partial charge in [0.15, 0.2) is 11.5 Å². The Bertz CT molecular complexity index is 1020. The zero-order valence-electron chi connectivity index (χ0n) is 15.1. The van der Waals surface area contributed by atoms with Gasteiger partial charge in [-0.25, -0.2) is 9.97 Å². The zero-order valence-corrected chi connectivity index (χ0v) is 15.1. The van der Waals surface area contributed by atoms with Crippen LogP contribution in [0, 0.1) is 6.92 Å². The molecular formula is C19H19N5O3. The SMILES string of the molecule is COC(=O)CNC(=O)c1cc(C2CC2)nc2c1c(C)nn2-c1ccccn1. The number of hydrogen-bond acceptors (Lipinski definition) is 6. The average molecular weight is 365 g/mol. The molecule has 3 aromatic rings. The van der Waals surface area contributed by atoms with Gasteiger partial charge in [0.1, 0.15) is 6.54 Å². The van der Waals surface area contributed by atoms with E-state index in [4.69, 9.17) is 4.98 Å². The van der Waals surface area contributed by atoms with E-state index in [-0.39, 0.29) is 12.5 Å². The summed E-state index contributed by atoms with van der Waals surface area (Å²) in [6.07, 6.45) is 3.80. The van der Waals surface area contributed by atoms with Crippen LogP contribution in [0.25, 0.3) is 16.9 Å². The van der Waals surface area contributed by atoms with E-state index in [1.165, 1.54) is 7.11 Å². The van der Waals surface area contributed by atoms with Crippen LogP contribution in [0.2, 0.25) is 0 Å². The Morgan fingerprint density at radius 3 is 2.81 bits per heavy atom. The number of carbonyl (C=O) groups is 2. The number of nitrogens with one attached hydrogen (secondary N) is 1. The van der Waals surface area contributed by atoms with E-state index in [9.17, 15) is 9.59 Å². The molecule has 1 amide bonds. The number of rotatable bonds is 5. The van der Waals surface area contributed by atoms with Gasteiger partial charge < -0.3 is 10.1 Å². The van der Waals surface area contributed by atoms with Crippen molar-refractivity contribution in [2.45, 2.75) is 25.7 Å². The number of aryl methyl sites for hydroxylation is 1. The Morgan fingerprint density at radius 1 is 1.33 bits per heavy atom. The minimum atomic E-state index is -0.503. The summed E-state index contributed by atoms with van der Waals surface area (Å²) in [4.78, 5) is 33.3. The highest BCUT2D eigenvalue weighted by molar-refractivity contribution is 6.07. The monoisotopic (exact) mass is 365 g/mol. The summed E-state index contributed by atoms with van der Waals surface area (Å²) >= 11 is 0. The predicted molar refractivity (Wildman–Crippen MR) is 97.7 cm³/mol. The highest BCUT2D eigenvalue weighted by Crippen LogP contribution is 2.40. The first-order chi connectivity index (χ1) is 13.1. The minimum absolute atomic E-state index is 0.189. The van der Waals surface area contributed by atoms with Crippen LogP contribution in [-0.2, 0) is 9.53 Å². The first kappa shape index (κ1) is 17.1. The van der Waals surface area contributed by atoms with Crippen molar-refractivity contribution >= 4 is 22.9 Å². The molecule has 0 unspecified atom stereocenters. The third-order valence-corrected chi connectivity index (χ3v) is 4.56. The molecule has 0 atom stereocenters. The number of methoxy groups -OCH3 is 1. The van der Waals surface area contributed by atoms with Crippen molar-refractivity contribution < 1.29 is 14.3 Å². The molecule has 3 aromatic heterocycles. The number of fused-ring (bicyclic) bond motifs is 1. The lowest BCUT2D eigenvalue weighted by atomic mass is 10.1. The van der Waals surface area contributed by atoms with Crippen LogP contribution in [0.4, 0.5) is 0 Å². The number of hydrogen-bond donors (Lipinski definition) is 1. The van der Waals surface area contributed by atoms with Crippen molar-refractivity contribution in [3.63, 3.8) is 0 Å². The molecule has 0 aromatic carbocycles. The van der Waals surface area contributed by atoms with Crippen molar-refractivity contribution in [3.05, 3.63) is 47.4 Å². The number of carbonyl (C=O) groups excluding carboxylic acids is 2. The fourth-order valence-electron chi connectivity index (χ4n) is 3.03. The lowest BCUT2D eigenvalue weighted by Crippen LogP contribution is -2.30. The topological polar surface area (TPSA) is 99.0 Å². The third-order valence-electron chi connectivity index (χ3n) is 4.56. The van der Waals surface area contributed by atoms with Crippen LogP contribution < -0.4 is 5.32 Å². The Morgan fingerprint density at radius 2 is 2.15 bits per heavy atom. The molecule has 1 saturated carbocycles. The number of pyridine rings is 2. The van der Waals surface area contributed by atoms with Crippen LogP contribution in [0.15, 0.2) is 30.5 Å². The van der Waals surface area contributed by atoms with Gasteiger partial charge in [-0.1, -0.05) is 6.07 Å². The maximum atomic E-state index is 12.8. The standard InChI is InChI=1S/C19H19N5O3/c1-11-17-13(19(26)21-10-16(25)27-2)9-14(12-6-7-12)22-18(17)24(23-11)15-5-3-4-8-20-15/h3-5,8-9,12H,6-7,10H2,1-2H3,(H,21,26). The molecule has 0 aliphatic heterocycles. The number of ether oxygens (including phenoxy) is 1. The van der Waals surface area contributed by atoms with Crippen LogP contribution in [0.1, 0.15) is 40.5 Å². The predicted octanol–water partition coefficient (Wildman–Crippen LogP) is 1.90. The highest BCUT2D eigenvalue weighted by Gasteiger charge is 2.29. The first-order valence-electron chi connectivity index (χ1n) is 8.75. The van der Waals surface area contributed by atoms with E-state index < -0.39 is 5.97 Å². The minimum Gasteiger partial charge on any atom is -0.468 e. The number of amides is 1. The van der Waals surface area contributed by atoms with E-state index in [2.05, 4.69) is 20.1 Å². The Labute approximate surface area is 155 Å². The van der Waals surface area contributed by atoms with Crippen LogP contribution in [0.5, 0.6) is 0 Å². The molecule has 3 heterocycles. The second kappa shape index (κ2) is 6.79. The smallest absolute Gasteiger partial charge is 0.325 e. The fraction of sp³-hybridized carbons (Fsp3) is 0.316. The van der Waals surface area contributed by atoms with Crippen molar-refractivity contribution in [1.82, 2.24) is 25.1 Å². The first-order valence-corrected chi connectivity index (χ1v) is 8.75. The van der Waals surface area contributed by atoms with Gasteiger partial charge in [0.05, 0.1) is 23.8 Å². The number of nitrogens with zero attached hydrogens (tertiary/aromatic N) is 4. The molecule has 8 heteroatoms. The molecule has 0 saturated heterocycles. The number of esters is 1. The molecule has 1 fully saturated rings. The summed E-state index contributed by atoms with van der Waals surface area (Å²) in [6.45, 7) is 1.64. The molecule has 27 heavy (non-hydrogen) atoms. The van der Waals surface area contributed by atoms with E-state index in [0.29, 0.717) is 34.0 Å². The second-order valence-electron chi connectivity index (χ2n) is 6.51. The molecule has 0 radical (unpaired) electrons. The second-order valence-corrected chi connectivity index (χ2v) is 6.51. The molecule has 8 nitrogen and oxygen atoms in total. The van der Waals surface area contributed by atoms with Gasteiger partial charge in [-0.05, 0) is 38.0 Å². The summed E-state index contributed by atoms with van der Waals surface area (Å²) in [6, 6.07) is 7.36.